The SMILES string of the molecule is CN(C(=O)C1(C)CC1(Cl)Cl)c1ccccc1-c1ccccc1. The summed E-state index contributed by atoms with van der Waals surface area (Å²) in [6.45, 7) is 1.82. The van der Waals surface area contributed by atoms with E-state index >= 15 is 0 Å². The van der Waals surface area contributed by atoms with Crippen molar-refractivity contribution >= 4 is 34.8 Å². The van der Waals surface area contributed by atoms with Gasteiger partial charge in [0, 0.05) is 12.6 Å². The van der Waals surface area contributed by atoms with E-state index in [0.717, 1.165) is 16.8 Å². The van der Waals surface area contributed by atoms with Crippen molar-refractivity contribution in [1.82, 2.24) is 0 Å². The molecule has 0 aromatic heterocycles. The van der Waals surface area contributed by atoms with Crippen LogP contribution in [0.3, 0.4) is 0 Å². The molecule has 4 heteroatoms. The van der Waals surface area contributed by atoms with E-state index < -0.39 is 9.75 Å². The minimum Gasteiger partial charge on any atom is -0.314 e. The van der Waals surface area contributed by atoms with Crippen molar-refractivity contribution in [2.75, 3.05) is 11.9 Å². The molecule has 0 saturated heterocycles. The van der Waals surface area contributed by atoms with Crippen molar-refractivity contribution in [3.63, 3.8) is 0 Å². The number of anilines is 1. The molecule has 0 heterocycles. The smallest absolute Gasteiger partial charge is 0.235 e. The third-order valence-corrected chi connectivity index (χ3v) is 5.49. The molecular weight excluding hydrogens is 317 g/mol. The van der Waals surface area contributed by atoms with Gasteiger partial charge in [-0.25, -0.2) is 0 Å². The fourth-order valence-corrected chi connectivity index (χ4v) is 3.44. The number of hydrogen-bond acceptors (Lipinski definition) is 1. The summed E-state index contributed by atoms with van der Waals surface area (Å²) >= 11 is 12.3. The molecule has 2 aromatic carbocycles. The lowest BCUT2D eigenvalue weighted by Crippen LogP contribution is -2.35. The summed E-state index contributed by atoms with van der Waals surface area (Å²) < 4.78 is -0.958. The average Bonchev–Trinajstić information content (AvgIpc) is 3.06. The first-order valence-corrected chi connectivity index (χ1v) is 7.93. The molecule has 0 bridgehead atoms. The van der Waals surface area contributed by atoms with Crippen LogP contribution in [0.2, 0.25) is 0 Å². The maximum atomic E-state index is 12.8. The van der Waals surface area contributed by atoms with E-state index in [9.17, 15) is 4.79 Å². The fraction of sp³-hybridized carbons (Fsp3) is 0.278. The van der Waals surface area contributed by atoms with Crippen molar-refractivity contribution in [3.05, 3.63) is 54.6 Å². The van der Waals surface area contributed by atoms with Gasteiger partial charge < -0.3 is 4.90 Å². The van der Waals surface area contributed by atoms with Gasteiger partial charge in [-0.2, -0.15) is 0 Å². The number of carbonyl (C=O) groups excluding carboxylic acids is 1. The molecule has 1 aliphatic rings. The second kappa shape index (κ2) is 5.29. The Kier molecular flexibility index (Phi) is 3.70. The van der Waals surface area contributed by atoms with Crippen LogP contribution in [0.15, 0.2) is 54.6 Å². The quantitative estimate of drug-likeness (QED) is 0.731. The molecule has 22 heavy (non-hydrogen) atoms. The number of hydrogen-bond donors (Lipinski definition) is 0. The third-order valence-electron chi connectivity index (χ3n) is 4.38. The molecule has 1 atom stereocenters. The van der Waals surface area contributed by atoms with Crippen molar-refractivity contribution in [2.24, 2.45) is 5.41 Å². The van der Waals surface area contributed by atoms with Crippen LogP contribution in [0.4, 0.5) is 5.69 Å². The summed E-state index contributed by atoms with van der Waals surface area (Å²) in [5, 5.41) is 0. The van der Waals surface area contributed by atoms with Gasteiger partial charge in [0.2, 0.25) is 5.91 Å². The molecule has 114 valence electrons. The van der Waals surface area contributed by atoms with E-state index in [2.05, 4.69) is 0 Å². The molecule has 2 nitrogen and oxygen atoms in total. The Hall–Kier alpha value is -1.51. The van der Waals surface area contributed by atoms with Gasteiger partial charge >= 0.3 is 0 Å². The standard InChI is InChI=1S/C18H17Cl2NO/c1-17(12-18(17,19)20)16(22)21(2)15-11-7-6-10-14(15)13-8-4-3-5-9-13/h3-11H,12H2,1-2H3. The largest absolute Gasteiger partial charge is 0.314 e. The summed E-state index contributed by atoms with van der Waals surface area (Å²) in [5.74, 6) is -0.0547. The molecule has 1 saturated carbocycles. The molecule has 0 N–H and O–H groups in total. The molecule has 3 rings (SSSR count). The van der Waals surface area contributed by atoms with E-state index in [0.29, 0.717) is 6.42 Å². The summed E-state index contributed by atoms with van der Waals surface area (Å²) in [6, 6.07) is 17.9. The molecule has 0 spiro atoms. The summed E-state index contributed by atoms with van der Waals surface area (Å²) in [7, 11) is 1.78. The minimum atomic E-state index is -0.958. The number of carbonyl (C=O) groups is 1. The highest BCUT2D eigenvalue weighted by Gasteiger charge is 2.68. The first-order chi connectivity index (χ1) is 10.4. The predicted molar refractivity (Wildman–Crippen MR) is 92.4 cm³/mol. The van der Waals surface area contributed by atoms with Gasteiger partial charge in [0.15, 0.2) is 0 Å². The Morgan fingerprint density at radius 2 is 1.59 bits per heavy atom. The first-order valence-electron chi connectivity index (χ1n) is 7.17. The summed E-state index contributed by atoms with van der Waals surface area (Å²) in [5.41, 5.74) is 2.23. The molecule has 1 unspecified atom stereocenters. The van der Waals surface area contributed by atoms with Crippen LogP contribution in [0.5, 0.6) is 0 Å². The van der Waals surface area contributed by atoms with Crippen LogP contribution in [-0.4, -0.2) is 17.3 Å². The molecule has 1 amide bonds. The molecule has 0 aliphatic heterocycles. The van der Waals surface area contributed by atoms with Crippen LogP contribution in [-0.2, 0) is 4.79 Å². The van der Waals surface area contributed by atoms with Gasteiger partial charge in [-0.15, -0.1) is 23.2 Å². The third kappa shape index (κ3) is 2.41. The van der Waals surface area contributed by atoms with Crippen molar-refractivity contribution in [2.45, 2.75) is 17.7 Å². The van der Waals surface area contributed by atoms with Crippen molar-refractivity contribution < 1.29 is 4.79 Å². The lowest BCUT2D eigenvalue weighted by atomic mass is 10.0. The zero-order chi connectivity index (χ0) is 16.0. The van der Waals surface area contributed by atoms with E-state index in [4.69, 9.17) is 23.2 Å². The monoisotopic (exact) mass is 333 g/mol. The average molecular weight is 334 g/mol. The lowest BCUT2D eigenvalue weighted by molar-refractivity contribution is -0.122. The topological polar surface area (TPSA) is 20.3 Å². The van der Waals surface area contributed by atoms with E-state index in [1.165, 1.54) is 0 Å². The zero-order valence-electron chi connectivity index (χ0n) is 12.5. The lowest BCUT2D eigenvalue weighted by Gasteiger charge is -2.24. The maximum absolute atomic E-state index is 12.8. The normalized spacial score (nSPS) is 22.2. The number of rotatable bonds is 3. The van der Waals surface area contributed by atoms with Crippen LogP contribution in [0.1, 0.15) is 13.3 Å². The number of nitrogens with zero attached hydrogens (tertiary/aromatic N) is 1. The maximum Gasteiger partial charge on any atom is 0.235 e. The van der Waals surface area contributed by atoms with Crippen LogP contribution < -0.4 is 4.90 Å². The van der Waals surface area contributed by atoms with E-state index in [-0.39, 0.29) is 5.91 Å². The number of amides is 1. The Morgan fingerprint density at radius 3 is 2.18 bits per heavy atom. The van der Waals surface area contributed by atoms with Gasteiger partial charge in [-0.3, -0.25) is 4.79 Å². The van der Waals surface area contributed by atoms with Crippen LogP contribution in [0.25, 0.3) is 11.1 Å². The number of benzene rings is 2. The number of para-hydroxylation sites is 1. The fourth-order valence-electron chi connectivity index (χ4n) is 2.74. The second-order valence-corrected chi connectivity index (χ2v) is 7.44. The first kappa shape index (κ1) is 15.4. The minimum absolute atomic E-state index is 0.0547. The van der Waals surface area contributed by atoms with Crippen molar-refractivity contribution in [3.8, 4) is 11.1 Å². The predicted octanol–water partition coefficient (Wildman–Crippen LogP) is 4.90. The molecule has 1 fully saturated rings. The number of alkyl halides is 2. The van der Waals surface area contributed by atoms with Gasteiger partial charge in [0.25, 0.3) is 0 Å². The Balaban J connectivity index is 1.98. The highest BCUT2D eigenvalue weighted by Crippen LogP contribution is 2.64. The Bertz CT molecular complexity index is 714. The van der Waals surface area contributed by atoms with Crippen LogP contribution in [0, 0.1) is 5.41 Å². The molecule has 1 aliphatic carbocycles. The van der Waals surface area contributed by atoms with E-state index in [1.54, 1.807) is 11.9 Å². The van der Waals surface area contributed by atoms with Crippen LogP contribution >= 0.6 is 23.2 Å². The van der Waals surface area contributed by atoms with Gasteiger partial charge in [0.1, 0.15) is 4.33 Å². The highest BCUT2D eigenvalue weighted by molar-refractivity contribution is 6.53. The highest BCUT2D eigenvalue weighted by atomic mass is 35.5. The van der Waals surface area contributed by atoms with Gasteiger partial charge in [0.05, 0.1) is 11.1 Å². The molecular formula is C18H17Cl2NO. The molecule has 0 radical (unpaired) electrons. The summed E-state index contributed by atoms with van der Waals surface area (Å²) in [4.78, 5) is 14.4. The Labute approximate surface area is 140 Å². The van der Waals surface area contributed by atoms with Gasteiger partial charge in [-0.1, -0.05) is 48.5 Å². The zero-order valence-corrected chi connectivity index (χ0v) is 14.0. The van der Waals surface area contributed by atoms with E-state index in [1.807, 2.05) is 61.5 Å². The Morgan fingerprint density at radius 1 is 1.05 bits per heavy atom. The number of halogens is 2. The van der Waals surface area contributed by atoms with Crippen molar-refractivity contribution in [1.29, 1.82) is 0 Å². The summed E-state index contributed by atoms with van der Waals surface area (Å²) in [6.07, 6.45) is 0.486. The van der Waals surface area contributed by atoms with Gasteiger partial charge in [-0.05, 0) is 25.0 Å². The second-order valence-electron chi connectivity index (χ2n) is 5.96. The molecule has 2 aromatic rings.